The maximum atomic E-state index is 12.0. The third-order valence-corrected chi connectivity index (χ3v) is 3.73. The topological polar surface area (TPSA) is 48.1 Å². The van der Waals surface area contributed by atoms with Crippen molar-refractivity contribution in [3.63, 3.8) is 0 Å². The third-order valence-electron chi connectivity index (χ3n) is 3.73. The van der Waals surface area contributed by atoms with Crippen LogP contribution in [0.1, 0.15) is 23.2 Å². The molecule has 0 atom stereocenters. The highest BCUT2D eigenvalue weighted by Gasteiger charge is 2.11. The van der Waals surface area contributed by atoms with Crippen LogP contribution in [0.25, 0.3) is 10.9 Å². The first-order valence-corrected chi connectivity index (χ1v) is 6.91. The molecule has 1 amide bonds. The predicted octanol–water partition coefficient (Wildman–Crippen LogP) is 1.99. The van der Waals surface area contributed by atoms with E-state index >= 15 is 0 Å². The highest BCUT2D eigenvalue weighted by molar-refractivity contribution is 5.98. The predicted molar refractivity (Wildman–Crippen MR) is 76.3 cm³/mol. The Morgan fingerprint density at radius 3 is 2.95 bits per heavy atom. The van der Waals surface area contributed by atoms with Crippen molar-refractivity contribution in [3.05, 3.63) is 36.0 Å². The number of hydrogen-bond donors (Lipinski definition) is 2. The molecule has 1 aliphatic rings. The van der Waals surface area contributed by atoms with E-state index in [1.165, 1.54) is 25.9 Å². The molecule has 0 bridgehead atoms. The van der Waals surface area contributed by atoms with Gasteiger partial charge in [-0.15, -0.1) is 0 Å². The van der Waals surface area contributed by atoms with E-state index in [2.05, 4.69) is 15.2 Å². The number of rotatable bonds is 4. The van der Waals surface area contributed by atoms with Crippen LogP contribution in [0, 0.1) is 0 Å². The van der Waals surface area contributed by atoms with E-state index in [1.807, 2.05) is 30.5 Å². The van der Waals surface area contributed by atoms with Gasteiger partial charge in [0.05, 0.1) is 0 Å². The van der Waals surface area contributed by atoms with Gasteiger partial charge in [0.2, 0.25) is 0 Å². The van der Waals surface area contributed by atoms with Crippen molar-refractivity contribution in [1.82, 2.24) is 15.2 Å². The van der Waals surface area contributed by atoms with Crippen molar-refractivity contribution in [2.45, 2.75) is 12.8 Å². The average molecular weight is 257 g/mol. The molecule has 2 N–H and O–H groups in total. The van der Waals surface area contributed by atoms with Gasteiger partial charge in [-0.05, 0) is 50.2 Å². The van der Waals surface area contributed by atoms with Crippen molar-refractivity contribution in [2.24, 2.45) is 0 Å². The number of fused-ring (bicyclic) bond motifs is 1. The maximum Gasteiger partial charge on any atom is 0.251 e. The van der Waals surface area contributed by atoms with Crippen LogP contribution >= 0.6 is 0 Å². The van der Waals surface area contributed by atoms with Crippen LogP contribution in [-0.2, 0) is 0 Å². The lowest BCUT2D eigenvalue weighted by atomic mass is 10.1. The summed E-state index contributed by atoms with van der Waals surface area (Å²) in [5, 5.41) is 4.07. The van der Waals surface area contributed by atoms with E-state index in [0.29, 0.717) is 0 Å². The Bertz CT molecular complexity index is 570. The smallest absolute Gasteiger partial charge is 0.251 e. The Kier molecular flexibility index (Phi) is 3.51. The lowest BCUT2D eigenvalue weighted by molar-refractivity contribution is 0.0950. The first-order valence-electron chi connectivity index (χ1n) is 6.91. The molecule has 3 rings (SSSR count). The van der Waals surface area contributed by atoms with E-state index < -0.39 is 0 Å². The Morgan fingerprint density at radius 1 is 1.26 bits per heavy atom. The number of nitrogens with zero attached hydrogens (tertiary/aromatic N) is 1. The van der Waals surface area contributed by atoms with Gasteiger partial charge in [0.1, 0.15) is 0 Å². The number of amides is 1. The Labute approximate surface area is 112 Å². The van der Waals surface area contributed by atoms with Crippen LogP contribution in [0.4, 0.5) is 0 Å². The van der Waals surface area contributed by atoms with Crippen molar-refractivity contribution >= 4 is 16.8 Å². The third kappa shape index (κ3) is 2.79. The van der Waals surface area contributed by atoms with E-state index in [9.17, 15) is 4.79 Å². The zero-order valence-electron chi connectivity index (χ0n) is 11.0. The first kappa shape index (κ1) is 12.2. The number of nitrogens with one attached hydrogen (secondary N) is 2. The minimum Gasteiger partial charge on any atom is -0.361 e. The van der Waals surface area contributed by atoms with Gasteiger partial charge in [-0.1, -0.05) is 0 Å². The number of benzene rings is 1. The van der Waals surface area contributed by atoms with Gasteiger partial charge in [0.15, 0.2) is 0 Å². The van der Waals surface area contributed by atoms with Gasteiger partial charge in [-0.2, -0.15) is 0 Å². The average Bonchev–Trinajstić information content (AvgIpc) is 3.08. The van der Waals surface area contributed by atoms with Gasteiger partial charge in [0.25, 0.3) is 5.91 Å². The number of carbonyl (C=O) groups is 1. The fourth-order valence-electron chi connectivity index (χ4n) is 2.63. The van der Waals surface area contributed by atoms with Crippen molar-refractivity contribution in [2.75, 3.05) is 26.2 Å². The minimum absolute atomic E-state index is 0.0160. The second-order valence-corrected chi connectivity index (χ2v) is 5.08. The molecule has 0 saturated carbocycles. The molecule has 1 aromatic heterocycles. The SMILES string of the molecule is O=C(NCCN1CCCC1)c1ccc2[nH]ccc2c1. The van der Waals surface area contributed by atoms with Gasteiger partial charge in [-0.25, -0.2) is 0 Å². The van der Waals surface area contributed by atoms with Gasteiger partial charge >= 0.3 is 0 Å². The molecule has 2 aromatic rings. The molecule has 100 valence electrons. The van der Waals surface area contributed by atoms with Crippen LogP contribution < -0.4 is 5.32 Å². The number of carbonyl (C=O) groups excluding carboxylic acids is 1. The molecule has 1 fully saturated rings. The van der Waals surface area contributed by atoms with Gasteiger partial charge in [-0.3, -0.25) is 4.79 Å². The molecular formula is C15H19N3O. The highest BCUT2D eigenvalue weighted by Crippen LogP contribution is 2.14. The van der Waals surface area contributed by atoms with E-state index in [-0.39, 0.29) is 5.91 Å². The molecule has 0 spiro atoms. The number of aromatic nitrogens is 1. The molecule has 2 heterocycles. The fourth-order valence-corrected chi connectivity index (χ4v) is 2.63. The molecule has 4 nitrogen and oxygen atoms in total. The summed E-state index contributed by atoms with van der Waals surface area (Å²) in [4.78, 5) is 17.6. The minimum atomic E-state index is 0.0160. The summed E-state index contributed by atoms with van der Waals surface area (Å²) in [7, 11) is 0. The van der Waals surface area contributed by atoms with Gasteiger partial charge < -0.3 is 15.2 Å². The van der Waals surface area contributed by atoms with E-state index in [4.69, 9.17) is 0 Å². The van der Waals surface area contributed by atoms with Crippen LogP contribution in [0.5, 0.6) is 0 Å². The number of likely N-dealkylation sites (tertiary alicyclic amines) is 1. The first-order chi connectivity index (χ1) is 9.33. The Balaban J connectivity index is 1.56. The van der Waals surface area contributed by atoms with Crippen LogP contribution in [-0.4, -0.2) is 42.0 Å². The van der Waals surface area contributed by atoms with Crippen molar-refractivity contribution < 1.29 is 4.79 Å². The largest absolute Gasteiger partial charge is 0.361 e. The molecule has 1 saturated heterocycles. The zero-order chi connectivity index (χ0) is 13.1. The monoisotopic (exact) mass is 257 g/mol. The summed E-state index contributed by atoms with van der Waals surface area (Å²) in [6.07, 6.45) is 4.47. The number of hydrogen-bond acceptors (Lipinski definition) is 2. The Hall–Kier alpha value is -1.81. The molecule has 0 unspecified atom stereocenters. The summed E-state index contributed by atoms with van der Waals surface area (Å²) >= 11 is 0. The van der Waals surface area contributed by atoms with Gasteiger partial charge in [0, 0.05) is 35.8 Å². The molecule has 4 heteroatoms. The van der Waals surface area contributed by atoms with Crippen LogP contribution in [0.2, 0.25) is 0 Å². The quantitative estimate of drug-likeness (QED) is 0.880. The molecule has 1 aliphatic heterocycles. The van der Waals surface area contributed by atoms with E-state index in [1.54, 1.807) is 0 Å². The van der Waals surface area contributed by atoms with Crippen molar-refractivity contribution in [1.29, 1.82) is 0 Å². The summed E-state index contributed by atoms with van der Waals surface area (Å²) in [5.41, 5.74) is 1.79. The second kappa shape index (κ2) is 5.45. The normalized spacial score (nSPS) is 16.0. The lowest BCUT2D eigenvalue weighted by Gasteiger charge is -2.14. The van der Waals surface area contributed by atoms with E-state index in [0.717, 1.165) is 29.6 Å². The molecular weight excluding hydrogens is 238 g/mol. The summed E-state index contributed by atoms with van der Waals surface area (Å²) in [5.74, 6) is 0.0160. The summed E-state index contributed by atoms with van der Waals surface area (Å²) < 4.78 is 0. The highest BCUT2D eigenvalue weighted by atomic mass is 16.1. The molecule has 19 heavy (non-hydrogen) atoms. The van der Waals surface area contributed by atoms with Crippen LogP contribution in [0.3, 0.4) is 0 Å². The molecule has 0 aliphatic carbocycles. The maximum absolute atomic E-state index is 12.0. The zero-order valence-corrected chi connectivity index (χ0v) is 11.0. The fraction of sp³-hybridized carbons (Fsp3) is 0.400. The molecule has 1 aromatic carbocycles. The summed E-state index contributed by atoms with van der Waals surface area (Å²) in [6.45, 7) is 4.03. The Morgan fingerprint density at radius 2 is 2.11 bits per heavy atom. The standard InChI is InChI=1S/C15H19N3O/c19-15(17-7-10-18-8-1-2-9-18)13-3-4-14-12(11-13)5-6-16-14/h3-6,11,16H,1-2,7-10H2,(H,17,19). The van der Waals surface area contributed by atoms with Crippen LogP contribution in [0.15, 0.2) is 30.5 Å². The number of H-pyrrole nitrogens is 1. The number of aromatic amines is 1. The van der Waals surface area contributed by atoms with Crippen molar-refractivity contribution in [3.8, 4) is 0 Å². The summed E-state index contributed by atoms with van der Waals surface area (Å²) in [6, 6.07) is 7.72. The second-order valence-electron chi connectivity index (χ2n) is 5.08. The molecule has 0 radical (unpaired) electrons. The lowest BCUT2D eigenvalue weighted by Crippen LogP contribution is -2.33.